The number of hydrogen-bond acceptors (Lipinski definition) is 4. The Bertz CT molecular complexity index is 422. The number of methoxy groups -OCH3 is 1. The van der Waals surface area contributed by atoms with E-state index < -0.39 is 5.97 Å². The second-order valence-corrected chi connectivity index (χ2v) is 4.59. The van der Waals surface area contributed by atoms with Gasteiger partial charge in [0.15, 0.2) is 0 Å². The number of nitrogens with zero attached hydrogens (tertiary/aromatic N) is 2. The van der Waals surface area contributed by atoms with Gasteiger partial charge < -0.3 is 9.84 Å². The summed E-state index contributed by atoms with van der Waals surface area (Å²) in [5.74, 6) is -0.981. The predicted molar refractivity (Wildman–Crippen MR) is 66.5 cm³/mol. The van der Waals surface area contributed by atoms with Crippen molar-refractivity contribution < 1.29 is 14.6 Å². The van der Waals surface area contributed by atoms with E-state index >= 15 is 0 Å². The third-order valence-corrected chi connectivity index (χ3v) is 3.25. The Morgan fingerprint density at radius 1 is 1.67 bits per heavy atom. The molecule has 2 rings (SSSR count). The first-order valence-electron chi connectivity index (χ1n) is 6.12. The van der Waals surface area contributed by atoms with Crippen LogP contribution in [0.25, 0.3) is 0 Å². The van der Waals surface area contributed by atoms with Crippen molar-refractivity contribution >= 4 is 5.97 Å². The molecule has 0 aromatic carbocycles. The Morgan fingerprint density at radius 3 is 3.22 bits per heavy atom. The maximum absolute atomic E-state index is 10.8. The molecule has 1 aliphatic rings. The molecule has 2 heterocycles. The number of carbonyl (C=O) groups is 1. The van der Waals surface area contributed by atoms with Crippen molar-refractivity contribution in [3.63, 3.8) is 0 Å². The largest absolute Gasteiger partial charge is 0.477 e. The number of carboxylic acid groups (broad SMARTS) is 1. The molecule has 1 aromatic heterocycles. The molecule has 5 nitrogen and oxygen atoms in total. The summed E-state index contributed by atoms with van der Waals surface area (Å²) < 4.78 is 5.37. The monoisotopic (exact) mass is 250 g/mol. The maximum Gasteiger partial charge on any atom is 0.354 e. The average Bonchev–Trinajstić information content (AvgIpc) is 2.39. The van der Waals surface area contributed by atoms with E-state index in [2.05, 4.69) is 9.88 Å². The lowest BCUT2D eigenvalue weighted by atomic mass is 10.1. The summed E-state index contributed by atoms with van der Waals surface area (Å²) in [5.41, 5.74) is 1.09. The number of piperidine rings is 1. The first-order chi connectivity index (χ1) is 8.69. The van der Waals surface area contributed by atoms with Gasteiger partial charge in [-0.2, -0.15) is 0 Å². The highest BCUT2D eigenvalue weighted by Gasteiger charge is 2.19. The summed E-state index contributed by atoms with van der Waals surface area (Å²) in [6, 6.07) is 3.50. The summed E-state index contributed by atoms with van der Waals surface area (Å²) in [6.07, 6.45) is 4.06. The van der Waals surface area contributed by atoms with E-state index in [4.69, 9.17) is 9.84 Å². The van der Waals surface area contributed by atoms with E-state index in [0.717, 1.165) is 38.0 Å². The van der Waals surface area contributed by atoms with Crippen LogP contribution >= 0.6 is 0 Å². The molecule has 1 aliphatic heterocycles. The molecule has 1 saturated heterocycles. The van der Waals surface area contributed by atoms with Gasteiger partial charge in [-0.3, -0.25) is 4.90 Å². The molecule has 18 heavy (non-hydrogen) atoms. The molecule has 1 fully saturated rings. The topological polar surface area (TPSA) is 62.7 Å². The van der Waals surface area contributed by atoms with Crippen molar-refractivity contribution in [2.45, 2.75) is 25.5 Å². The molecule has 1 unspecified atom stereocenters. The van der Waals surface area contributed by atoms with E-state index in [9.17, 15) is 4.79 Å². The predicted octanol–water partition coefficient (Wildman–Crippen LogP) is 1.39. The fourth-order valence-corrected chi connectivity index (χ4v) is 2.30. The van der Waals surface area contributed by atoms with Gasteiger partial charge in [-0.25, -0.2) is 9.78 Å². The zero-order valence-corrected chi connectivity index (χ0v) is 10.5. The minimum Gasteiger partial charge on any atom is -0.477 e. The number of hydrogen-bond donors (Lipinski definition) is 1. The Hall–Kier alpha value is -1.46. The number of aromatic carboxylic acids is 1. The Balaban J connectivity index is 2.00. The summed E-state index contributed by atoms with van der Waals surface area (Å²) in [7, 11) is 1.74. The van der Waals surface area contributed by atoms with Crippen LogP contribution in [-0.2, 0) is 11.3 Å². The van der Waals surface area contributed by atoms with Gasteiger partial charge in [-0.15, -0.1) is 0 Å². The van der Waals surface area contributed by atoms with Crippen molar-refractivity contribution in [1.82, 2.24) is 9.88 Å². The van der Waals surface area contributed by atoms with Crippen molar-refractivity contribution in [3.05, 3.63) is 29.6 Å². The zero-order valence-electron chi connectivity index (χ0n) is 10.5. The molecule has 0 spiro atoms. The molecule has 1 aromatic rings. The maximum atomic E-state index is 10.8. The molecule has 0 amide bonds. The molecule has 0 bridgehead atoms. The van der Waals surface area contributed by atoms with E-state index in [-0.39, 0.29) is 5.69 Å². The first-order valence-corrected chi connectivity index (χ1v) is 6.12. The number of ether oxygens (including phenoxy) is 1. The molecule has 0 radical (unpaired) electrons. The molecular weight excluding hydrogens is 232 g/mol. The smallest absolute Gasteiger partial charge is 0.354 e. The van der Waals surface area contributed by atoms with Crippen LogP contribution < -0.4 is 0 Å². The van der Waals surface area contributed by atoms with Crippen molar-refractivity contribution in [1.29, 1.82) is 0 Å². The second kappa shape index (κ2) is 5.93. The third kappa shape index (κ3) is 3.27. The number of rotatable bonds is 4. The SMILES string of the molecule is COC1CCCN(Cc2ccnc(C(=O)O)c2)C1. The van der Waals surface area contributed by atoms with E-state index in [0.29, 0.717) is 6.10 Å². The molecular formula is C13H18N2O3. The van der Waals surface area contributed by atoms with Gasteiger partial charge in [0.25, 0.3) is 0 Å². The Morgan fingerprint density at radius 2 is 2.50 bits per heavy atom. The first kappa shape index (κ1) is 13.0. The van der Waals surface area contributed by atoms with Gasteiger partial charge in [-0.1, -0.05) is 0 Å². The highest BCUT2D eigenvalue weighted by Crippen LogP contribution is 2.15. The molecule has 1 atom stereocenters. The van der Waals surface area contributed by atoms with E-state index in [1.165, 1.54) is 0 Å². The summed E-state index contributed by atoms with van der Waals surface area (Å²) in [6.45, 7) is 2.69. The van der Waals surface area contributed by atoms with Crippen LogP contribution in [0.1, 0.15) is 28.9 Å². The summed E-state index contributed by atoms with van der Waals surface area (Å²) in [4.78, 5) is 17.0. The van der Waals surface area contributed by atoms with Crippen molar-refractivity contribution in [2.24, 2.45) is 0 Å². The molecule has 98 valence electrons. The lowest BCUT2D eigenvalue weighted by molar-refractivity contribution is 0.0285. The highest BCUT2D eigenvalue weighted by atomic mass is 16.5. The van der Waals surface area contributed by atoms with Crippen LogP contribution in [0.2, 0.25) is 0 Å². The Labute approximate surface area is 106 Å². The number of pyridine rings is 1. The minimum absolute atomic E-state index is 0.104. The zero-order chi connectivity index (χ0) is 13.0. The van der Waals surface area contributed by atoms with Crippen LogP contribution in [0.4, 0.5) is 0 Å². The lowest BCUT2D eigenvalue weighted by Crippen LogP contribution is -2.38. The number of carboxylic acids is 1. The normalized spacial score (nSPS) is 20.8. The van der Waals surface area contributed by atoms with Crippen LogP contribution in [0.15, 0.2) is 18.3 Å². The van der Waals surface area contributed by atoms with Crippen molar-refractivity contribution in [2.75, 3.05) is 20.2 Å². The van der Waals surface area contributed by atoms with Crippen LogP contribution in [0, 0.1) is 0 Å². The van der Waals surface area contributed by atoms with Crippen LogP contribution in [0.3, 0.4) is 0 Å². The standard InChI is InChI=1S/C13H18N2O3/c1-18-11-3-2-6-15(9-11)8-10-4-5-14-12(7-10)13(16)17/h4-5,7,11H,2-3,6,8-9H2,1H3,(H,16,17). The Kier molecular flexibility index (Phi) is 4.28. The van der Waals surface area contributed by atoms with Crippen LogP contribution in [0.5, 0.6) is 0 Å². The van der Waals surface area contributed by atoms with Gasteiger partial charge >= 0.3 is 5.97 Å². The van der Waals surface area contributed by atoms with Crippen LogP contribution in [-0.4, -0.2) is 47.3 Å². The van der Waals surface area contributed by atoms with Gasteiger partial charge in [0.1, 0.15) is 5.69 Å². The molecule has 5 heteroatoms. The number of likely N-dealkylation sites (tertiary alicyclic amines) is 1. The van der Waals surface area contributed by atoms with E-state index in [1.807, 2.05) is 6.07 Å². The fourth-order valence-electron chi connectivity index (χ4n) is 2.30. The number of aromatic nitrogens is 1. The quantitative estimate of drug-likeness (QED) is 0.875. The van der Waals surface area contributed by atoms with E-state index in [1.54, 1.807) is 19.4 Å². The minimum atomic E-state index is -0.981. The average molecular weight is 250 g/mol. The molecule has 0 saturated carbocycles. The fraction of sp³-hybridized carbons (Fsp3) is 0.538. The summed E-state index contributed by atoms with van der Waals surface area (Å²) >= 11 is 0. The van der Waals surface area contributed by atoms with Gasteiger partial charge in [0.2, 0.25) is 0 Å². The lowest BCUT2D eigenvalue weighted by Gasteiger charge is -2.31. The second-order valence-electron chi connectivity index (χ2n) is 4.59. The van der Waals surface area contributed by atoms with Crippen molar-refractivity contribution in [3.8, 4) is 0 Å². The van der Waals surface area contributed by atoms with Gasteiger partial charge in [-0.05, 0) is 37.1 Å². The van der Waals surface area contributed by atoms with Gasteiger partial charge in [0.05, 0.1) is 6.10 Å². The third-order valence-electron chi connectivity index (χ3n) is 3.25. The molecule has 1 N–H and O–H groups in total. The van der Waals surface area contributed by atoms with Gasteiger partial charge in [0, 0.05) is 26.4 Å². The summed E-state index contributed by atoms with van der Waals surface area (Å²) in [5, 5.41) is 8.90. The highest BCUT2D eigenvalue weighted by molar-refractivity contribution is 5.85. The molecule has 0 aliphatic carbocycles.